The van der Waals surface area contributed by atoms with Gasteiger partial charge in [-0.05, 0) is 32.0 Å². The number of likely N-dealkylation sites (N-methyl/N-ethyl adjacent to an activating group) is 1. The summed E-state index contributed by atoms with van der Waals surface area (Å²) in [5.74, 6) is -0.361. The van der Waals surface area contributed by atoms with Crippen molar-refractivity contribution in [2.75, 3.05) is 32.7 Å². The molecule has 0 aliphatic carbocycles. The first kappa shape index (κ1) is 15.2. The minimum atomic E-state index is -0.361. The van der Waals surface area contributed by atoms with Crippen LogP contribution < -0.4 is 15.2 Å². The van der Waals surface area contributed by atoms with E-state index in [2.05, 4.69) is 11.9 Å². The molecule has 5 heteroatoms. The number of rotatable bonds is 3. The summed E-state index contributed by atoms with van der Waals surface area (Å²) in [6, 6.07) is 4.36. The molecule has 1 saturated heterocycles. The highest BCUT2D eigenvalue weighted by Crippen LogP contribution is 2.12. The highest BCUT2D eigenvalue weighted by Gasteiger charge is 2.23. The predicted molar refractivity (Wildman–Crippen MR) is 84.9 cm³/mol. The summed E-state index contributed by atoms with van der Waals surface area (Å²) in [5.41, 5.74) is 2.39. The first-order valence-corrected chi connectivity index (χ1v) is 8.06. The van der Waals surface area contributed by atoms with Gasteiger partial charge in [-0.1, -0.05) is 0 Å². The summed E-state index contributed by atoms with van der Waals surface area (Å²) in [5, 5.41) is 0.456. The Morgan fingerprint density at radius 1 is 1.18 bits per heavy atom. The molecule has 0 radical (unpaired) electrons. The van der Waals surface area contributed by atoms with Crippen molar-refractivity contribution in [1.29, 1.82) is 0 Å². The maximum Gasteiger partial charge on any atom is 0.198 e. The number of hydrogen-bond donors (Lipinski definition) is 3. The van der Waals surface area contributed by atoms with Crippen molar-refractivity contribution in [3.8, 4) is 0 Å². The van der Waals surface area contributed by atoms with E-state index in [1.54, 1.807) is 11.0 Å². The number of aromatic nitrogens is 1. The van der Waals surface area contributed by atoms with Crippen LogP contribution in [-0.2, 0) is 6.54 Å². The van der Waals surface area contributed by atoms with E-state index in [9.17, 15) is 9.18 Å². The zero-order valence-electron chi connectivity index (χ0n) is 13.3. The van der Waals surface area contributed by atoms with Gasteiger partial charge in [0.25, 0.3) is 0 Å². The van der Waals surface area contributed by atoms with Gasteiger partial charge in [0.15, 0.2) is 5.43 Å². The second kappa shape index (κ2) is 6.18. The molecule has 1 aliphatic rings. The van der Waals surface area contributed by atoms with E-state index in [0.29, 0.717) is 10.9 Å². The molecule has 4 nitrogen and oxygen atoms in total. The van der Waals surface area contributed by atoms with Gasteiger partial charge in [0.05, 0.1) is 12.1 Å². The zero-order chi connectivity index (χ0) is 15.7. The largest absolute Gasteiger partial charge is 0.358 e. The van der Waals surface area contributed by atoms with Crippen molar-refractivity contribution in [3.05, 3.63) is 45.5 Å². The van der Waals surface area contributed by atoms with Crippen LogP contribution in [0.5, 0.6) is 0 Å². The monoisotopic (exact) mass is 305 g/mol. The molecular formula is C17H24FN3O+2. The molecule has 0 saturated carbocycles. The molecule has 0 unspecified atom stereocenters. The second-order valence-corrected chi connectivity index (χ2v) is 6.28. The number of fused-ring (bicyclic) bond motifs is 1. The summed E-state index contributed by atoms with van der Waals surface area (Å²) < 4.78 is 13.4. The van der Waals surface area contributed by atoms with Crippen molar-refractivity contribution >= 4 is 10.9 Å². The number of aromatic amines is 1. The standard InChI is InChI=1S/C17H22FN3O/c1-3-20-6-8-21(9-7-20)11-15-12(2)19-16-5-4-13(18)10-14(16)17(15)22/h4-5,10H,3,6-9,11H2,1-2H3,(H,19,22)/p+2. The first-order valence-electron chi connectivity index (χ1n) is 8.06. The molecule has 0 amide bonds. The molecule has 1 aliphatic heterocycles. The Balaban J connectivity index is 1.89. The molecule has 0 bridgehead atoms. The van der Waals surface area contributed by atoms with Gasteiger partial charge in [0.1, 0.15) is 38.5 Å². The maximum atomic E-state index is 13.4. The lowest BCUT2D eigenvalue weighted by Gasteiger charge is -2.29. The van der Waals surface area contributed by atoms with E-state index in [-0.39, 0.29) is 11.2 Å². The average molecular weight is 305 g/mol. The minimum absolute atomic E-state index is 0.0245. The van der Waals surface area contributed by atoms with Crippen molar-refractivity contribution in [2.24, 2.45) is 0 Å². The summed E-state index contributed by atoms with van der Waals surface area (Å²) in [6.07, 6.45) is 0. The van der Waals surface area contributed by atoms with Crippen LogP contribution in [0, 0.1) is 12.7 Å². The van der Waals surface area contributed by atoms with Crippen molar-refractivity contribution in [1.82, 2.24) is 4.98 Å². The smallest absolute Gasteiger partial charge is 0.198 e. The van der Waals surface area contributed by atoms with Gasteiger partial charge in [-0.25, -0.2) is 4.39 Å². The Hall–Kier alpha value is -1.72. The van der Waals surface area contributed by atoms with E-state index in [0.717, 1.165) is 44.0 Å². The number of halogens is 1. The zero-order valence-corrected chi connectivity index (χ0v) is 13.3. The number of piperazine rings is 1. The van der Waals surface area contributed by atoms with Gasteiger partial charge < -0.3 is 14.8 Å². The van der Waals surface area contributed by atoms with E-state index >= 15 is 0 Å². The van der Waals surface area contributed by atoms with Crippen molar-refractivity contribution < 1.29 is 14.2 Å². The van der Waals surface area contributed by atoms with E-state index in [1.807, 2.05) is 6.92 Å². The molecule has 2 heterocycles. The van der Waals surface area contributed by atoms with Crippen LogP contribution in [0.4, 0.5) is 4.39 Å². The number of H-pyrrole nitrogens is 1. The normalized spacial score (nSPS) is 22.1. The topological polar surface area (TPSA) is 41.7 Å². The Morgan fingerprint density at radius 2 is 1.86 bits per heavy atom. The molecule has 1 aromatic carbocycles. The number of aryl methyl sites for hydroxylation is 1. The fourth-order valence-corrected chi connectivity index (χ4v) is 3.37. The van der Waals surface area contributed by atoms with Crippen LogP contribution in [0.1, 0.15) is 18.2 Å². The Kier molecular flexibility index (Phi) is 4.27. The van der Waals surface area contributed by atoms with Crippen LogP contribution in [0.3, 0.4) is 0 Å². The average Bonchev–Trinajstić information content (AvgIpc) is 2.53. The SMILES string of the molecule is CC[NH+]1CC[NH+](Cc2c(C)[nH]c3ccc(F)cc3c2=O)CC1. The lowest BCUT2D eigenvalue weighted by atomic mass is 10.1. The molecule has 22 heavy (non-hydrogen) atoms. The number of quaternary nitrogens is 2. The van der Waals surface area contributed by atoms with Gasteiger partial charge in [-0.15, -0.1) is 0 Å². The van der Waals surface area contributed by atoms with Crippen LogP contribution >= 0.6 is 0 Å². The third-order valence-electron chi connectivity index (χ3n) is 4.87. The van der Waals surface area contributed by atoms with Gasteiger partial charge >= 0.3 is 0 Å². The van der Waals surface area contributed by atoms with E-state index in [1.165, 1.54) is 23.6 Å². The van der Waals surface area contributed by atoms with Crippen molar-refractivity contribution in [2.45, 2.75) is 20.4 Å². The summed E-state index contributed by atoms with van der Waals surface area (Å²) >= 11 is 0. The Bertz CT molecular complexity index is 732. The number of nitrogens with one attached hydrogen (secondary N) is 3. The summed E-state index contributed by atoms with van der Waals surface area (Å²) in [7, 11) is 0. The summed E-state index contributed by atoms with van der Waals surface area (Å²) in [6.45, 7) is 10.5. The summed E-state index contributed by atoms with van der Waals surface area (Å²) in [4.78, 5) is 19.0. The van der Waals surface area contributed by atoms with E-state index < -0.39 is 0 Å². The van der Waals surface area contributed by atoms with Gasteiger partial charge in [0, 0.05) is 16.6 Å². The molecule has 118 valence electrons. The Morgan fingerprint density at radius 3 is 2.55 bits per heavy atom. The van der Waals surface area contributed by atoms with Gasteiger partial charge in [-0.3, -0.25) is 4.79 Å². The van der Waals surface area contributed by atoms with Crippen LogP contribution in [0.15, 0.2) is 23.0 Å². The molecular weight excluding hydrogens is 281 g/mol. The van der Waals surface area contributed by atoms with E-state index in [4.69, 9.17) is 0 Å². The van der Waals surface area contributed by atoms with Gasteiger partial charge in [0.2, 0.25) is 0 Å². The second-order valence-electron chi connectivity index (χ2n) is 6.28. The van der Waals surface area contributed by atoms with Crippen LogP contribution in [-0.4, -0.2) is 37.7 Å². The molecule has 0 spiro atoms. The van der Waals surface area contributed by atoms with Crippen LogP contribution in [0.25, 0.3) is 10.9 Å². The molecule has 1 fully saturated rings. The molecule has 3 N–H and O–H groups in total. The fraction of sp³-hybridized carbons (Fsp3) is 0.471. The first-order chi connectivity index (χ1) is 10.6. The lowest BCUT2D eigenvalue weighted by Crippen LogP contribution is -3.27. The lowest BCUT2D eigenvalue weighted by molar-refractivity contribution is -1.02. The number of pyridine rings is 1. The van der Waals surface area contributed by atoms with Gasteiger partial charge in [-0.2, -0.15) is 0 Å². The minimum Gasteiger partial charge on any atom is -0.358 e. The third kappa shape index (κ3) is 2.91. The Labute approximate surface area is 129 Å². The molecule has 2 aromatic rings. The quantitative estimate of drug-likeness (QED) is 0.688. The predicted octanol–water partition coefficient (Wildman–Crippen LogP) is -0.721. The van der Waals surface area contributed by atoms with Crippen molar-refractivity contribution in [3.63, 3.8) is 0 Å². The molecule has 0 atom stereocenters. The van der Waals surface area contributed by atoms with Crippen LogP contribution in [0.2, 0.25) is 0 Å². The highest BCUT2D eigenvalue weighted by atomic mass is 19.1. The maximum absolute atomic E-state index is 13.4. The number of benzene rings is 1. The highest BCUT2D eigenvalue weighted by molar-refractivity contribution is 5.79. The molecule has 3 rings (SSSR count). The fourth-order valence-electron chi connectivity index (χ4n) is 3.37. The number of hydrogen-bond acceptors (Lipinski definition) is 1. The third-order valence-corrected chi connectivity index (χ3v) is 4.87. The molecule has 1 aromatic heterocycles.